The van der Waals surface area contributed by atoms with Crippen molar-refractivity contribution >= 4 is 17.6 Å². The van der Waals surface area contributed by atoms with Crippen LogP contribution in [0.2, 0.25) is 0 Å². The highest BCUT2D eigenvalue weighted by atomic mass is 32.2. The summed E-state index contributed by atoms with van der Waals surface area (Å²) in [6, 6.07) is 3.90. The van der Waals surface area contributed by atoms with Crippen molar-refractivity contribution < 1.29 is 9.47 Å². The van der Waals surface area contributed by atoms with E-state index in [-0.39, 0.29) is 0 Å². The van der Waals surface area contributed by atoms with E-state index in [1.165, 1.54) is 0 Å². The zero-order valence-corrected chi connectivity index (χ0v) is 10.7. The quantitative estimate of drug-likeness (QED) is 0.812. The molecule has 1 aliphatic heterocycles. The molecule has 2 heterocycles. The number of aromatic amines is 1. The van der Waals surface area contributed by atoms with Crippen LogP contribution in [0.1, 0.15) is 0 Å². The van der Waals surface area contributed by atoms with Gasteiger partial charge in [0.05, 0.1) is 11.1 Å². The Hall–Kier alpha value is -1.82. The van der Waals surface area contributed by atoms with Crippen LogP contribution in [0.4, 0.5) is 5.82 Å². The van der Waals surface area contributed by atoms with Crippen LogP contribution in [0.5, 0.6) is 11.5 Å². The number of ether oxygens (including phenoxy) is 2. The first-order chi connectivity index (χ1) is 8.81. The highest BCUT2D eigenvalue weighted by Gasteiger charge is 2.21. The molecule has 0 bridgehead atoms. The minimum absolute atomic E-state index is 0.557. The summed E-state index contributed by atoms with van der Waals surface area (Å²) in [5.41, 5.74) is 7.77. The molecular formula is C12H13N3O2S. The van der Waals surface area contributed by atoms with Gasteiger partial charge in [0.2, 0.25) is 0 Å². The number of H-pyrrole nitrogens is 1. The van der Waals surface area contributed by atoms with Gasteiger partial charge in [-0.1, -0.05) is 0 Å². The highest BCUT2D eigenvalue weighted by Crippen LogP contribution is 2.45. The second-order valence-corrected chi connectivity index (χ2v) is 4.68. The van der Waals surface area contributed by atoms with Crippen molar-refractivity contribution in [1.82, 2.24) is 10.2 Å². The molecule has 0 atom stereocenters. The summed E-state index contributed by atoms with van der Waals surface area (Å²) in [6.45, 7) is 1.17. The fourth-order valence-electron chi connectivity index (χ4n) is 2.02. The van der Waals surface area contributed by atoms with Gasteiger partial charge in [-0.3, -0.25) is 5.10 Å². The van der Waals surface area contributed by atoms with E-state index in [1.54, 1.807) is 18.0 Å². The van der Waals surface area contributed by atoms with E-state index in [1.807, 2.05) is 18.4 Å². The van der Waals surface area contributed by atoms with E-state index in [2.05, 4.69) is 10.2 Å². The Bertz CT molecular complexity index is 583. The lowest BCUT2D eigenvalue weighted by atomic mass is 10.1. The molecule has 1 aliphatic rings. The first-order valence-electron chi connectivity index (χ1n) is 5.57. The van der Waals surface area contributed by atoms with E-state index >= 15 is 0 Å². The Kier molecular flexibility index (Phi) is 2.79. The van der Waals surface area contributed by atoms with Crippen LogP contribution in [-0.2, 0) is 0 Å². The molecule has 0 unspecified atom stereocenters. The van der Waals surface area contributed by atoms with Crippen LogP contribution in [0, 0.1) is 0 Å². The average molecular weight is 263 g/mol. The standard InChI is InChI=1S/C12H13N3O2S/c1-18-11-7(8-6-14-15-12(8)13)2-3-9-10(11)17-5-4-16-9/h2-3,6H,4-5H2,1H3,(H3,13,14,15). The minimum Gasteiger partial charge on any atom is -0.486 e. The van der Waals surface area contributed by atoms with Crippen molar-refractivity contribution in [3.05, 3.63) is 18.3 Å². The Morgan fingerprint density at radius 1 is 1.28 bits per heavy atom. The Morgan fingerprint density at radius 3 is 2.83 bits per heavy atom. The van der Waals surface area contributed by atoms with Gasteiger partial charge in [-0.25, -0.2) is 0 Å². The van der Waals surface area contributed by atoms with E-state index < -0.39 is 0 Å². The van der Waals surface area contributed by atoms with E-state index in [4.69, 9.17) is 15.2 Å². The third-order valence-corrected chi connectivity index (χ3v) is 3.64. The predicted octanol–water partition coefficient (Wildman–Crippen LogP) is 2.15. The number of nitrogens with zero attached hydrogens (tertiary/aromatic N) is 1. The number of benzene rings is 1. The summed E-state index contributed by atoms with van der Waals surface area (Å²) in [5.74, 6) is 2.14. The van der Waals surface area contributed by atoms with Gasteiger partial charge in [-0.05, 0) is 18.4 Å². The smallest absolute Gasteiger partial charge is 0.175 e. The number of nitrogens with one attached hydrogen (secondary N) is 1. The molecule has 0 spiro atoms. The Labute approximate surface area is 109 Å². The number of anilines is 1. The predicted molar refractivity (Wildman–Crippen MR) is 71.2 cm³/mol. The number of hydrogen-bond acceptors (Lipinski definition) is 5. The number of hydrogen-bond donors (Lipinski definition) is 2. The molecular weight excluding hydrogens is 250 g/mol. The fraction of sp³-hybridized carbons (Fsp3) is 0.250. The molecule has 0 radical (unpaired) electrons. The van der Waals surface area contributed by atoms with Gasteiger partial charge >= 0.3 is 0 Å². The molecule has 1 aromatic heterocycles. The van der Waals surface area contributed by atoms with Crippen molar-refractivity contribution in [2.75, 3.05) is 25.2 Å². The van der Waals surface area contributed by atoms with Crippen molar-refractivity contribution in [3.8, 4) is 22.6 Å². The zero-order chi connectivity index (χ0) is 12.5. The third kappa shape index (κ3) is 1.69. The van der Waals surface area contributed by atoms with Crippen LogP contribution < -0.4 is 15.2 Å². The van der Waals surface area contributed by atoms with Crippen molar-refractivity contribution in [3.63, 3.8) is 0 Å². The summed E-state index contributed by atoms with van der Waals surface area (Å²) in [5, 5.41) is 6.70. The number of nitrogens with two attached hydrogens (primary N) is 1. The van der Waals surface area contributed by atoms with Crippen LogP contribution in [0.15, 0.2) is 23.2 Å². The molecule has 5 nitrogen and oxygen atoms in total. The molecule has 0 amide bonds. The molecule has 0 saturated carbocycles. The lowest BCUT2D eigenvalue weighted by Gasteiger charge is -2.22. The molecule has 0 saturated heterocycles. The molecule has 3 rings (SSSR count). The topological polar surface area (TPSA) is 73.2 Å². The zero-order valence-electron chi connectivity index (χ0n) is 9.90. The second kappa shape index (κ2) is 4.45. The molecule has 18 heavy (non-hydrogen) atoms. The van der Waals surface area contributed by atoms with Gasteiger partial charge in [0.1, 0.15) is 19.0 Å². The monoisotopic (exact) mass is 263 g/mol. The average Bonchev–Trinajstić information content (AvgIpc) is 2.83. The molecule has 2 aromatic rings. The molecule has 1 aromatic carbocycles. The van der Waals surface area contributed by atoms with Crippen LogP contribution in [0.25, 0.3) is 11.1 Å². The van der Waals surface area contributed by atoms with Crippen LogP contribution in [0.3, 0.4) is 0 Å². The molecule has 0 fully saturated rings. The summed E-state index contributed by atoms with van der Waals surface area (Å²) < 4.78 is 11.3. The van der Waals surface area contributed by atoms with Gasteiger partial charge in [-0.15, -0.1) is 11.8 Å². The summed E-state index contributed by atoms with van der Waals surface area (Å²) in [6.07, 6.45) is 3.73. The number of thioether (sulfide) groups is 1. The van der Waals surface area contributed by atoms with Crippen molar-refractivity contribution in [2.45, 2.75) is 4.90 Å². The number of rotatable bonds is 2. The van der Waals surface area contributed by atoms with Crippen molar-refractivity contribution in [1.29, 1.82) is 0 Å². The van der Waals surface area contributed by atoms with Gasteiger partial charge in [0.25, 0.3) is 0 Å². The van der Waals surface area contributed by atoms with Gasteiger partial charge in [-0.2, -0.15) is 5.10 Å². The minimum atomic E-state index is 0.557. The summed E-state index contributed by atoms with van der Waals surface area (Å²) in [4.78, 5) is 1.03. The molecule has 94 valence electrons. The first kappa shape index (κ1) is 11.3. The second-order valence-electron chi connectivity index (χ2n) is 3.87. The molecule has 3 N–H and O–H groups in total. The lowest BCUT2D eigenvalue weighted by molar-refractivity contribution is 0.167. The molecule has 6 heteroatoms. The maximum atomic E-state index is 5.87. The van der Waals surface area contributed by atoms with E-state index in [9.17, 15) is 0 Å². The van der Waals surface area contributed by atoms with Gasteiger partial charge in [0.15, 0.2) is 11.5 Å². The summed E-state index contributed by atoms with van der Waals surface area (Å²) >= 11 is 1.61. The number of fused-ring (bicyclic) bond motifs is 1. The Morgan fingerprint density at radius 2 is 2.11 bits per heavy atom. The van der Waals surface area contributed by atoms with Crippen molar-refractivity contribution in [2.24, 2.45) is 0 Å². The van der Waals surface area contributed by atoms with Gasteiger partial charge in [0, 0.05) is 11.1 Å². The van der Waals surface area contributed by atoms with Crippen LogP contribution >= 0.6 is 11.8 Å². The van der Waals surface area contributed by atoms with Gasteiger partial charge < -0.3 is 15.2 Å². The first-order valence-corrected chi connectivity index (χ1v) is 6.79. The fourth-order valence-corrected chi connectivity index (χ4v) is 2.76. The molecule has 0 aliphatic carbocycles. The number of aromatic nitrogens is 2. The third-order valence-electron chi connectivity index (χ3n) is 2.83. The highest BCUT2D eigenvalue weighted by molar-refractivity contribution is 7.98. The maximum absolute atomic E-state index is 5.87. The maximum Gasteiger partial charge on any atom is 0.175 e. The SMILES string of the molecule is CSc1c(-c2cn[nH]c2N)ccc2c1OCCO2. The lowest BCUT2D eigenvalue weighted by Crippen LogP contribution is -2.16. The van der Waals surface area contributed by atoms with E-state index in [0.717, 1.165) is 27.5 Å². The summed E-state index contributed by atoms with van der Waals surface area (Å²) in [7, 11) is 0. The largest absolute Gasteiger partial charge is 0.486 e. The normalized spacial score (nSPS) is 13.6. The van der Waals surface area contributed by atoms with Crippen LogP contribution in [-0.4, -0.2) is 29.7 Å². The number of nitrogen functional groups attached to an aromatic ring is 1. The Balaban J connectivity index is 2.19. The van der Waals surface area contributed by atoms with E-state index in [0.29, 0.717) is 19.0 Å².